The lowest BCUT2D eigenvalue weighted by Gasteiger charge is -2.12. The average Bonchev–Trinajstić information content (AvgIpc) is 2.68. The minimum absolute atomic E-state index is 0.133. The first-order valence-electron chi connectivity index (χ1n) is 9.43. The molecule has 0 heterocycles. The topological polar surface area (TPSA) is 0 Å². The number of rotatable bonds is 7. The second kappa shape index (κ2) is 8.90. The number of aryl methyl sites for hydroxylation is 1. The van der Waals surface area contributed by atoms with Gasteiger partial charge in [-0.2, -0.15) is 0 Å². The molecule has 0 amide bonds. The average molecular weight is 368 g/mol. The Morgan fingerprint density at radius 2 is 1.30 bits per heavy atom. The highest BCUT2D eigenvalue weighted by Crippen LogP contribution is 2.34. The van der Waals surface area contributed by atoms with E-state index in [2.05, 4.69) is 6.92 Å². The van der Waals surface area contributed by atoms with E-state index in [9.17, 15) is 13.2 Å². The molecule has 140 valence electrons. The fourth-order valence-electron chi connectivity index (χ4n) is 3.30. The Labute approximate surface area is 158 Å². The van der Waals surface area contributed by atoms with Crippen LogP contribution in [-0.2, 0) is 6.42 Å². The van der Waals surface area contributed by atoms with Gasteiger partial charge in [-0.1, -0.05) is 56.5 Å². The summed E-state index contributed by atoms with van der Waals surface area (Å²) in [6.07, 6.45) is 5.81. The molecular formula is C24H23F3. The first kappa shape index (κ1) is 19.2. The molecule has 0 bridgehead atoms. The van der Waals surface area contributed by atoms with Crippen molar-refractivity contribution in [1.29, 1.82) is 0 Å². The molecule has 0 unspecified atom stereocenters. The molecule has 3 heteroatoms. The molecule has 3 aromatic rings. The van der Waals surface area contributed by atoms with Gasteiger partial charge in [0.1, 0.15) is 17.5 Å². The molecule has 0 N–H and O–H groups in total. The van der Waals surface area contributed by atoms with Crippen LogP contribution in [0.4, 0.5) is 13.2 Å². The predicted octanol–water partition coefficient (Wildman–Crippen LogP) is 7.56. The number of halogens is 3. The lowest BCUT2D eigenvalue weighted by atomic mass is 9.93. The maximum atomic E-state index is 14.3. The molecule has 0 aliphatic heterocycles. The Hall–Kier alpha value is -2.55. The van der Waals surface area contributed by atoms with E-state index in [1.807, 2.05) is 24.3 Å². The van der Waals surface area contributed by atoms with Gasteiger partial charge in [0.2, 0.25) is 0 Å². The second-order valence-corrected chi connectivity index (χ2v) is 6.82. The van der Waals surface area contributed by atoms with Crippen LogP contribution < -0.4 is 0 Å². The minimum Gasteiger partial charge on any atom is -0.207 e. The Morgan fingerprint density at radius 3 is 2.00 bits per heavy atom. The zero-order valence-electron chi connectivity index (χ0n) is 15.4. The zero-order valence-corrected chi connectivity index (χ0v) is 15.4. The van der Waals surface area contributed by atoms with E-state index in [0.29, 0.717) is 11.1 Å². The van der Waals surface area contributed by atoms with E-state index in [1.54, 1.807) is 0 Å². The standard InChI is InChI=1S/C24H23F3/c1-2-3-4-5-6-17-7-9-18(10-8-17)22-15-19(25)11-13-21(22)23-16-20(26)12-14-24(23)27/h7-16H,2-6H2,1H3. The van der Waals surface area contributed by atoms with E-state index in [0.717, 1.165) is 36.6 Å². The first-order valence-corrected chi connectivity index (χ1v) is 9.43. The van der Waals surface area contributed by atoms with Crippen LogP contribution >= 0.6 is 0 Å². The van der Waals surface area contributed by atoms with E-state index >= 15 is 0 Å². The maximum absolute atomic E-state index is 14.3. The second-order valence-electron chi connectivity index (χ2n) is 6.82. The van der Waals surface area contributed by atoms with Crippen LogP contribution in [0.15, 0.2) is 60.7 Å². The highest BCUT2D eigenvalue weighted by molar-refractivity contribution is 5.83. The molecule has 0 spiro atoms. The molecule has 0 radical (unpaired) electrons. The summed E-state index contributed by atoms with van der Waals surface area (Å²) in [5, 5.41) is 0. The molecule has 0 nitrogen and oxygen atoms in total. The van der Waals surface area contributed by atoms with Crippen molar-refractivity contribution in [3.63, 3.8) is 0 Å². The highest BCUT2D eigenvalue weighted by atomic mass is 19.1. The lowest BCUT2D eigenvalue weighted by molar-refractivity contribution is 0.603. The van der Waals surface area contributed by atoms with Crippen molar-refractivity contribution >= 4 is 0 Å². The van der Waals surface area contributed by atoms with Gasteiger partial charge in [0.15, 0.2) is 0 Å². The Bertz CT molecular complexity index is 898. The van der Waals surface area contributed by atoms with Crippen molar-refractivity contribution in [3.05, 3.63) is 83.7 Å². The summed E-state index contributed by atoms with van der Waals surface area (Å²) in [4.78, 5) is 0. The third-order valence-corrected chi connectivity index (χ3v) is 4.78. The Balaban J connectivity index is 1.92. The SMILES string of the molecule is CCCCCCc1ccc(-c2cc(F)ccc2-c2cc(F)ccc2F)cc1. The van der Waals surface area contributed by atoms with E-state index in [-0.39, 0.29) is 5.56 Å². The molecule has 0 atom stereocenters. The van der Waals surface area contributed by atoms with Crippen molar-refractivity contribution in [2.24, 2.45) is 0 Å². The summed E-state index contributed by atoms with van der Waals surface area (Å²) in [7, 11) is 0. The van der Waals surface area contributed by atoms with Gasteiger partial charge < -0.3 is 0 Å². The highest BCUT2D eigenvalue weighted by Gasteiger charge is 2.13. The minimum atomic E-state index is -0.531. The molecule has 0 aromatic heterocycles. The third kappa shape index (κ3) is 4.79. The summed E-state index contributed by atoms with van der Waals surface area (Å²) in [5.41, 5.74) is 3.17. The largest absolute Gasteiger partial charge is 0.207 e. The van der Waals surface area contributed by atoms with Gasteiger partial charge in [0.25, 0.3) is 0 Å². The van der Waals surface area contributed by atoms with Gasteiger partial charge in [-0.25, -0.2) is 13.2 Å². The lowest BCUT2D eigenvalue weighted by Crippen LogP contribution is -1.92. The normalized spacial score (nSPS) is 11.0. The predicted molar refractivity (Wildman–Crippen MR) is 105 cm³/mol. The zero-order chi connectivity index (χ0) is 19.2. The van der Waals surface area contributed by atoms with Crippen molar-refractivity contribution in [2.75, 3.05) is 0 Å². The van der Waals surface area contributed by atoms with Gasteiger partial charge in [-0.15, -0.1) is 0 Å². The van der Waals surface area contributed by atoms with Crippen LogP contribution in [0.25, 0.3) is 22.3 Å². The summed E-state index contributed by atoms with van der Waals surface area (Å²) in [6.45, 7) is 2.19. The number of unbranched alkanes of at least 4 members (excludes halogenated alkanes) is 3. The van der Waals surface area contributed by atoms with Gasteiger partial charge in [0, 0.05) is 5.56 Å². The number of hydrogen-bond donors (Lipinski definition) is 0. The van der Waals surface area contributed by atoms with Crippen LogP contribution in [-0.4, -0.2) is 0 Å². The smallest absolute Gasteiger partial charge is 0.131 e. The van der Waals surface area contributed by atoms with Crippen molar-refractivity contribution in [1.82, 2.24) is 0 Å². The van der Waals surface area contributed by atoms with Crippen molar-refractivity contribution < 1.29 is 13.2 Å². The van der Waals surface area contributed by atoms with Crippen LogP contribution in [0.5, 0.6) is 0 Å². The van der Waals surface area contributed by atoms with Crippen LogP contribution in [0.1, 0.15) is 38.2 Å². The van der Waals surface area contributed by atoms with Gasteiger partial charge >= 0.3 is 0 Å². The Kier molecular flexibility index (Phi) is 6.33. The van der Waals surface area contributed by atoms with Crippen molar-refractivity contribution in [2.45, 2.75) is 39.0 Å². The van der Waals surface area contributed by atoms with Crippen LogP contribution in [0.3, 0.4) is 0 Å². The van der Waals surface area contributed by atoms with Gasteiger partial charge in [-0.3, -0.25) is 0 Å². The molecule has 0 saturated heterocycles. The van der Waals surface area contributed by atoms with Gasteiger partial charge in [-0.05, 0) is 65.4 Å². The summed E-state index contributed by atoms with van der Waals surface area (Å²) >= 11 is 0. The molecule has 0 fully saturated rings. The van der Waals surface area contributed by atoms with E-state index < -0.39 is 17.5 Å². The molecule has 27 heavy (non-hydrogen) atoms. The van der Waals surface area contributed by atoms with E-state index in [1.165, 1.54) is 43.0 Å². The molecule has 0 aliphatic carbocycles. The van der Waals surface area contributed by atoms with Gasteiger partial charge in [0.05, 0.1) is 0 Å². The molecule has 0 saturated carbocycles. The Morgan fingerprint density at radius 1 is 0.630 bits per heavy atom. The summed E-state index contributed by atoms with van der Waals surface area (Å²) in [6, 6.07) is 15.4. The summed E-state index contributed by atoms with van der Waals surface area (Å²) < 4.78 is 41.8. The first-order chi connectivity index (χ1) is 13.1. The summed E-state index contributed by atoms with van der Waals surface area (Å²) in [5.74, 6) is -1.46. The molecular weight excluding hydrogens is 345 g/mol. The third-order valence-electron chi connectivity index (χ3n) is 4.78. The molecule has 0 aliphatic rings. The number of hydrogen-bond acceptors (Lipinski definition) is 0. The molecule has 3 aromatic carbocycles. The van der Waals surface area contributed by atoms with E-state index in [4.69, 9.17) is 0 Å². The monoisotopic (exact) mass is 368 g/mol. The molecule has 3 rings (SSSR count). The maximum Gasteiger partial charge on any atom is 0.131 e. The fraction of sp³-hybridized carbons (Fsp3) is 0.250. The van der Waals surface area contributed by atoms with Crippen LogP contribution in [0, 0.1) is 17.5 Å². The van der Waals surface area contributed by atoms with Crippen molar-refractivity contribution in [3.8, 4) is 22.3 Å². The van der Waals surface area contributed by atoms with Crippen LogP contribution in [0.2, 0.25) is 0 Å². The number of benzene rings is 3. The fourth-order valence-corrected chi connectivity index (χ4v) is 3.30. The quantitative estimate of drug-likeness (QED) is 0.377.